The maximum atomic E-state index is 13.1. The highest BCUT2D eigenvalue weighted by Gasteiger charge is 2.34. The summed E-state index contributed by atoms with van der Waals surface area (Å²) < 4.78 is 11.3. The number of ether oxygens (including phenoxy) is 2. The second kappa shape index (κ2) is 8.02. The number of aliphatic carboxylic acids is 1. The van der Waals surface area contributed by atoms with Crippen molar-refractivity contribution >= 4 is 11.9 Å². The molecule has 1 atom stereocenters. The van der Waals surface area contributed by atoms with Gasteiger partial charge in [0.2, 0.25) is 5.91 Å². The van der Waals surface area contributed by atoms with Gasteiger partial charge in [-0.15, -0.1) is 0 Å². The Balaban J connectivity index is 1.55. The number of amides is 1. The van der Waals surface area contributed by atoms with Crippen LogP contribution in [-0.2, 0) is 14.3 Å². The Hall–Kier alpha value is -2.86. The fourth-order valence-corrected chi connectivity index (χ4v) is 4.08. The summed E-state index contributed by atoms with van der Waals surface area (Å²) >= 11 is 0. The maximum Gasteiger partial charge on any atom is 0.308 e. The molecule has 2 heterocycles. The second-order valence-corrected chi connectivity index (χ2v) is 7.25. The average molecular weight is 381 g/mol. The van der Waals surface area contributed by atoms with Gasteiger partial charge in [-0.3, -0.25) is 9.59 Å². The molecule has 0 radical (unpaired) electrons. The van der Waals surface area contributed by atoms with Crippen LogP contribution in [0.25, 0.3) is 0 Å². The lowest BCUT2D eigenvalue weighted by Gasteiger charge is -2.30. The molecule has 1 amide bonds. The van der Waals surface area contributed by atoms with E-state index in [1.54, 1.807) is 0 Å². The van der Waals surface area contributed by atoms with Crippen LogP contribution in [0, 0.1) is 11.8 Å². The number of fused-ring (bicyclic) bond motifs is 2. The van der Waals surface area contributed by atoms with Crippen LogP contribution in [0.4, 0.5) is 0 Å². The third-order valence-corrected chi connectivity index (χ3v) is 5.59. The molecule has 2 aromatic rings. The first kappa shape index (κ1) is 18.5. The van der Waals surface area contributed by atoms with Crippen molar-refractivity contribution in [3.05, 3.63) is 59.7 Å². The lowest BCUT2D eigenvalue weighted by Crippen LogP contribution is -2.41. The van der Waals surface area contributed by atoms with Crippen molar-refractivity contribution in [1.29, 1.82) is 0 Å². The standard InChI is InChI=1S/C22H23NO5/c24-21(23-13-17(22(25)26)14-9-11-27-12-10-14)20-15-5-1-3-7-18(15)28-19-8-4-2-6-16(19)20/h1-8,14,17,20H,9-13H2,(H,23,24)(H,25,26). The minimum Gasteiger partial charge on any atom is -0.481 e. The van der Waals surface area contributed by atoms with Gasteiger partial charge in [0, 0.05) is 30.9 Å². The van der Waals surface area contributed by atoms with Gasteiger partial charge in [-0.05, 0) is 30.9 Å². The Bertz CT molecular complexity index is 829. The zero-order chi connectivity index (χ0) is 19.5. The van der Waals surface area contributed by atoms with Crippen LogP contribution in [0.1, 0.15) is 29.9 Å². The summed E-state index contributed by atoms with van der Waals surface area (Å²) in [6.07, 6.45) is 1.41. The minimum absolute atomic E-state index is 0.0146. The highest BCUT2D eigenvalue weighted by atomic mass is 16.5. The van der Waals surface area contributed by atoms with E-state index < -0.39 is 17.8 Å². The third kappa shape index (κ3) is 3.60. The molecular formula is C22H23NO5. The zero-order valence-electron chi connectivity index (χ0n) is 15.5. The molecule has 2 aliphatic heterocycles. The summed E-state index contributed by atoms with van der Waals surface area (Å²) in [4.78, 5) is 24.9. The molecule has 0 aromatic heterocycles. The number of benzene rings is 2. The monoisotopic (exact) mass is 381 g/mol. The molecule has 1 fully saturated rings. The van der Waals surface area contributed by atoms with Crippen molar-refractivity contribution in [2.24, 2.45) is 11.8 Å². The highest BCUT2D eigenvalue weighted by Crippen LogP contribution is 2.43. The number of carboxylic acid groups (broad SMARTS) is 1. The van der Waals surface area contributed by atoms with Gasteiger partial charge < -0.3 is 19.9 Å². The van der Waals surface area contributed by atoms with Gasteiger partial charge in [-0.2, -0.15) is 0 Å². The van der Waals surface area contributed by atoms with E-state index in [9.17, 15) is 14.7 Å². The molecule has 4 rings (SSSR count). The first-order valence-electron chi connectivity index (χ1n) is 9.59. The summed E-state index contributed by atoms with van der Waals surface area (Å²) in [6.45, 7) is 1.26. The van der Waals surface area contributed by atoms with E-state index in [0.717, 1.165) is 11.1 Å². The minimum atomic E-state index is -0.875. The van der Waals surface area contributed by atoms with Crippen LogP contribution < -0.4 is 10.1 Å². The summed E-state index contributed by atoms with van der Waals surface area (Å²) in [6, 6.07) is 14.9. The fourth-order valence-electron chi connectivity index (χ4n) is 4.08. The van der Waals surface area contributed by atoms with Gasteiger partial charge in [0.1, 0.15) is 11.5 Å². The number of carboxylic acids is 1. The molecule has 146 valence electrons. The number of para-hydroxylation sites is 2. The van der Waals surface area contributed by atoms with Crippen LogP contribution in [0.5, 0.6) is 11.5 Å². The number of nitrogens with one attached hydrogen (secondary N) is 1. The predicted molar refractivity (Wildman–Crippen MR) is 102 cm³/mol. The van der Waals surface area contributed by atoms with Crippen molar-refractivity contribution in [1.82, 2.24) is 5.32 Å². The largest absolute Gasteiger partial charge is 0.481 e. The normalized spacial score (nSPS) is 17.7. The Morgan fingerprint density at radius 1 is 1.00 bits per heavy atom. The summed E-state index contributed by atoms with van der Waals surface area (Å²) in [7, 11) is 0. The molecule has 28 heavy (non-hydrogen) atoms. The average Bonchev–Trinajstić information content (AvgIpc) is 2.72. The molecule has 6 nitrogen and oxygen atoms in total. The maximum absolute atomic E-state index is 13.1. The molecular weight excluding hydrogens is 358 g/mol. The molecule has 1 unspecified atom stereocenters. The molecule has 0 aliphatic carbocycles. The van der Waals surface area contributed by atoms with E-state index in [1.165, 1.54) is 0 Å². The van der Waals surface area contributed by atoms with Crippen molar-refractivity contribution < 1.29 is 24.2 Å². The van der Waals surface area contributed by atoms with E-state index >= 15 is 0 Å². The zero-order valence-corrected chi connectivity index (χ0v) is 15.5. The molecule has 0 spiro atoms. The molecule has 6 heteroatoms. The third-order valence-electron chi connectivity index (χ3n) is 5.59. The summed E-state index contributed by atoms with van der Waals surface area (Å²) in [5.74, 6) is -0.896. The molecule has 2 aliphatic rings. The van der Waals surface area contributed by atoms with Crippen LogP contribution in [0.3, 0.4) is 0 Å². The Labute approximate surface area is 163 Å². The quantitative estimate of drug-likeness (QED) is 0.831. The Morgan fingerprint density at radius 3 is 2.14 bits per heavy atom. The van der Waals surface area contributed by atoms with E-state index in [4.69, 9.17) is 9.47 Å². The number of carbonyl (C=O) groups is 2. The predicted octanol–water partition coefficient (Wildman–Crippen LogP) is 3.17. The summed E-state index contributed by atoms with van der Waals surface area (Å²) in [5, 5.41) is 12.5. The highest BCUT2D eigenvalue weighted by molar-refractivity contribution is 5.90. The van der Waals surface area contributed by atoms with Crippen molar-refractivity contribution in [2.75, 3.05) is 19.8 Å². The van der Waals surface area contributed by atoms with Crippen LogP contribution >= 0.6 is 0 Å². The lowest BCUT2D eigenvalue weighted by molar-refractivity contribution is -0.145. The molecule has 2 aromatic carbocycles. The Morgan fingerprint density at radius 2 is 1.57 bits per heavy atom. The van der Waals surface area contributed by atoms with Crippen LogP contribution in [0.2, 0.25) is 0 Å². The first-order valence-corrected chi connectivity index (χ1v) is 9.59. The smallest absolute Gasteiger partial charge is 0.308 e. The molecule has 1 saturated heterocycles. The van der Waals surface area contributed by atoms with Gasteiger partial charge in [0.05, 0.1) is 11.8 Å². The summed E-state index contributed by atoms with van der Waals surface area (Å²) in [5.41, 5.74) is 1.58. The van der Waals surface area contributed by atoms with Crippen LogP contribution in [0.15, 0.2) is 48.5 Å². The topological polar surface area (TPSA) is 84.9 Å². The van der Waals surface area contributed by atoms with Crippen molar-refractivity contribution in [2.45, 2.75) is 18.8 Å². The second-order valence-electron chi connectivity index (χ2n) is 7.25. The molecule has 0 saturated carbocycles. The van der Waals surface area contributed by atoms with E-state index in [0.29, 0.717) is 37.6 Å². The number of carbonyl (C=O) groups excluding carboxylic acids is 1. The lowest BCUT2D eigenvalue weighted by atomic mass is 9.85. The van der Waals surface area contributed by atoms with Gasteiger partial charge in [0.25, 0.3) is 0 Å². The van der Waals surface area contributed by atoms with Crippen LogP contribution in [-0.4, -0.2) is 36.7 Å². The Kier molecular flexibility index (Phi) is 5.30. The van der Waals surface area contributed by atoms with Gasteiger partial charge in [-0.1, -0.05) is 36.4 Å². The molecule has 0 bridgehead atoms. The van der Waals surface area contributed by atoms with Crippen molar-refractivity contribution in [3.8, 4) is 11.5 Å². The number of hydrogen-bond donors (Lipinski definition) is 2. The number of hydrogen-bond acceptors (Lipinski definition) is 4. The number of rotatable bonds is 5. The van der Waals surface area contributed by atoms with Gasteiger partial charge >= 0.3 is 5.97 Å². The van der Waals surface area contributed by atoms with E-state index in [2.05, 4.69) is 5.32 Å². The molecule has 2 N–H and O–H groups in total. The van der Waals surface area contributed by atoms with E-state index in [1.807, 2.05) is 48.5 Å². The van der Waals surface area contributed by atoms with E-state index in [-0.39, 0.29) is 18.4 Å². The van der Waals surface area contributed by atoms with Crippen molar-refractivity contribution in [3.63, 3.8) is 0 Å². The first-order chi connectivity index (χ1) is 13.6. The SMILES string of the molecule is O=C(NCC(C(=O)O)C1CCOCC1)C1c2ccccc2Oc2ccccc21. The van der Waals surface area contributed by atoms with Gasteiger partial charge in [0.15, 0.2) is 0 Å². The fraction of sp³-hybridized carbons (Fsp3) is 0.364. The van der Waals surface area contributed by atoms with Gasteiger partial charge in [-0.25, -0.2) is 0 Å².